The third kappa shape index (κ3) is 7.08. The van der Waals surface area contributed by atoms with Gasteiger partial charge in [-0.15, -0.1) is 0 Å². The van der Waals surface area contributed by atoms with E-state index in [1.807, 2.05) is 24.3 Å². The molecular weight excluding hydrogens is 837 g/mol. The predicted molar refractivity (Wildman–Crippen MR) is 294 cm³/mol. The summed E-state index contributed by atoms with van der Waals surface area (Å²) >= 11 is 0. The number of fused-ring (bicyclic) bond motifs is 11. The van der Waals surface area contributed by atoms with Crippen molar-refractivity contribution in [2.45, 2.75) is 105 Å². The Morgan fingerprint density at radius 3 is 1.23 bits per heavy atom. The van der Waals surface area contributed by atoms with Gasteiger partial charge in [0, 0.05) is 43.7 Å². The van der Waals surface area contributed by atoms with Crippen LogP contribution in [-0.4, -0.2) is 13.7 Å². The zero-order chi connectivity index (χ0) is 48.5. The quantitative estimate of drug-likeness (QED) is 0.173. The summed E-state index contributed by atoms with van der Waals surface area (Å²) in [6.45, 7) is 27.9. The summed E-state index contributed by atoms with van der Waals surface area (Å²) in [6.07, 6.45) is 0. The molecule has 0 saturated carbocycles. The zero-order valence-corrected chi connectivity index (χ0v) is 42.3. The second-order valence-corrected chi connectivity index (χ2v) is 23.5. The summed E-state index contributed by atoms with van der Waals surface area (Å²) in [7, 11) is 0. The van der Waals surface area contributed by atoms with Crippen LogP contribution in [0.3, 0.4) is 0 Å². The first-order valence-electron chi connectivity index (χ1n) is 24.6. The lowest BCUT2D eigenvalue weighted by Gasteiger charge is -2.27. The van der Waals surface area contributed by atoms with Crippen LogP contribution in [0.25, 0.3) is 93.6 Å². The lowest BCUT2D eigenvalue weighted by atomic mass is 9.80. The Morgan fingerprint density at radius 2 is 0.768 bits per heavy atom. The van der Waals surface area contributed by atoms with Gasteiger partial charge in [0.15, 0.2) is 0 Å². The topological polar surface area (TPSA) is 38.6 Å². The Balaban J connectivity index is 1.34. The number of nitrogens with zero attached hydrogens (tertiary/aromatic N) is 4. The molecule has 0 bridgehead atoms. The minimum absolute atomic E-state index is 0.0419. The van der Waals surface area contributed by atoms with Crippen molar-refractivity contribution in [1.82, 2.24) is 13.7 Å². The molecule has 0 atom stereocenters. The molecule has 0 amide bonds. The maximum Gasteiger partial charge on any atom is 0.101 e. The van der Waals surface area contributed by atoms with Crippen LogP contribution in [0, 0.1) is 11.3 Å². The van der Waals surface area contributed by atoms with Crippen molar-refractivity contribution < 1.29 is 0 Å². The van der Waals surface area contributed by atoms with E-state index >= 15 is 0 Å². The monoisotopic (exact) mass is 898 g/mol. The minimum atomic E-state index is -0.103. The van der Waals surface area contributed by atoms with Gasteiger partial charge in [-0.2, -0.15) is 5.26 Å². The molecule has 3 aromatic heterocycles. The Morgan fingerprint density at radius 1 is 0.348 bits per heavy atom. The first-order valence-corrected chi connectivity index (χ1v) is 24.6. The smallest absolute Gasteiger partial charge is 0.101 e. The molecule has 0 N–H and O–H groups in total. The third-order valence-corrected chi connectivity index (χ3v) is 14.6. The van der Waals surface area contributed by atoms with Crippen LogP contribution in [-0.2, 0) is 21.7 Å². The molecule has 11 aromatic rings. The lowest BCUT2D eigenvalue weighted by molar-refractivity contribution is 0.567. The molecule has 3 heterocycles. The first kappa shape index (κ1) is 44.2. The van der Waals surface area contributed by atoms with Gasteiger partial charge in [0.2, 0.25) is 0 Å². The molecule has 0 saturated heterocycles. The molecule has 0 unspecified atom stereocenters. The molecule has 4 nitrogen and oxygen atoms in total. The lowest BCUT2D eigenvalue weighted by Crippen LogP contribution is -2.17. The molecule has 0 aliphatic rings. The third-order valence-electron chi connectivity index (χ3n) is 14.6. The molecule has 0 spiro atoms. The minimum Gasteiger partial charge on any atom is -0.309 e. The standard InChI is InChI=1S/C65H62N4/c1-62(2,3)43-33-44(63(4,5)6)36-47(35-43)67-54-24-18-16-22-51(54)58-56(67)30-27-49-50-28-31-57-59(61(50)68(60(49)58)48-37-45(64(7,8)9)34-46(38-48)65(10,11)12)52-23-17-19-25-55(52)69(57)53-29-26-41(32-42(53)39-66)40-20-14-13-15-21-40/h13-38H,1-12H3. The zero-order valence-electron chi connectivity index (χ0n) is 42.3. The molecule has 8 aromatic carbocycles. The van der Waals surface area contributed by atoms with Gasteiger partial charge in [-0.1, -0.05) is 180 Å². The fourth-order valence-corrected chi connectivity index (χ4v) is 10.7. The molecule has 0 aliphatic heterocycles. The average Bonchev–Trinajstić information content (AvgIpc) is 3.96. The van der Waals surface area contributed by atoms with E-state index in [1.54, 1.807) is 0 Å². The van der Waals surface area contributed by atoms with Crippen molar-refractivity contribution in [2.24, 2.45) is 0 Å². The summed E-state index contributed by atoms with van der Waals surface area (Å²) in [5.74, 6) is 0. The van der Waals surface area contributed by atoms with Gasteiger partial charge in [-0.3, -0.25) is 0 Å². The van der Waals surface area contributed by atoms with Crippen LogP contribution in [0.15, 0.2) is 158 Å². The highest BCUT2D eigenvalue weighted by Gasteiger charge is 2.29. The van der Waals surface area contributed by atoms with E-state index in [9.17, 15) is 5.26 Å². The van der Waals surface area contributed by atoms with E-state index in [0.717, 1.165) is 44.4 Å². The van der Waals surface area contributed by atoms with E-state index in [2.05, 4.69) is 236 Å². The van der Waals surface area contributed by atoms with E-state index in [1.165, 1.54) is 71.4 Å². The number of hydrogen-bond acceptors (Lipinski definition) is 1. The van der Waals surface area contributed by atoms with E-state index < -0.39 is 0 Å². The molecule has 4 heteroatoms. The maximum atomic E-state index is 10.9. The van der Waals surface area contributed by atoms with Crippen molar-refractivity contribution in [3.8, 4) is 34.3 Å². The number of rotatable bonds is 4. The molecular formula is C65H62N4. The predicted octanol–water partition coefficient (Wildman–Crippen LogP) is 17.7. The van der Waals surface area contributed by atoms with Crippen molar-refractivity contribution in [3.63, 3.8) is 0 Å². The number of hydrogen-bond donors (Lipinski definition) is 0. The van der Waals surface area contributed by atoms with Crippen LogP contribution >= 0.6 is 0 Å². The van der Waals surface area contributed by atoms with Gasteiger partial charge < -0.3 is 13.7 Å². The normalized spacial score (nSPS) is 12.9. The second kappa shape index (κ2) is 15.3. The Labute approximate surface area is 407 Å². The van der Waals surface area contributed by atoms with E-state index in [-0.39, 0.29) is 21.7 Å². The van der Waals surface area contributed by atoms with Gasteiger partial charge in [0.25, 0.3) is 0 Å². The van der Waals surface area contributed by atoms with Gasteiger partial charge in [-0.05, 0) is 116 Å². The highest BCUT2D eigenvalue weighted by Crippen LogP contribution is 2.48. The molecule has 0 aliphatic carbocycles. The highest BCUT2D eigenvalue weighted by molar-refractivity contribution is 6.31. The molecule has 0 radical (unpaired) electrons. The summed E-state index contributed by atoms with van der Waals surface area (Å²) in [6, 6.07) is 61.0. The number of para-hydroxylation sites is 2. The Bertz CT molecular complexity index is 3860. The largest absolute Gasteiger partial charge is 0.309 e. The van der Waals surface area contributed by atoms with Crippen LogP contribution in [0.2, 0.25) is 0 Å². The SMILES string of the molecule is CC(C)(C)c1cc(-n2c3ccccc3c3c2ccc2c4ccc5c(c6ccccc6n5-c5ccc(-c6ccccc6)cc5C#N)c4n(-c4cc(C(C)(C)C)cc(C(C)(C)C)c4)c23)cc(C(C)(C)C)c1. The van der Waals surface area contributed by atoms with Crippen molar-refractivity contribution >= 4 is 65.4 Å². The fourth-order valence-electron chi connectivity index (χ4n) is 10.7. The van der Waals surface area contributed by atoms with Crippen LogP contribution in [0.1, 0.15) is 111 Å². The molecule has 0 fully saturated rings. The maximum absolute atomic E-state index is 10.9. The van der Waals surface area contributed by atoms with Crippen molar-refractivity contribution in [1.29, 1.82) is 5.26 Å². The molecule has 342 valence electrons. The molecule has 11 rings (SSSR count). The van der Waals surface area contributed by atoms with Crippen LogP contribution in [0.5, 0.6) is 0 Å². The Kier molecular flexibility index (Phi) is 9.81. The first-order chi connectivity index (χ1) is 32.7. The Hall–Kier alpha value is -7.35. The van der Waals surface area contributed by atoms with Crippen molar-refractivity contribution in [2.75, 3.05) is 0 Å². The fraction of sp³-hybridized carbons (Fsp3) is 0.246. The van der Waals surface area contributed by atoms with Crippen LogP contribution in [0.4, 0.5) is 0 Å². The summed E-state index contributed by atoms with van der Waals surface area (Å²) < 4.78 is 7.46. The second-order valence-electron chi connectivity index (χ2n) is 23.5. The van der Waals surface area contributed by atoms with Gasteiger partial charge in [-0.25, -0.2) is 0 Å². The summed E-state index contributed by atoms with van der Waals surface area (Å²) in [5.41, 5.74) is 17.8. The van der Waals surface area contributed by atoms with Gasteiger partial charge >= 0.3 is 0 Å². The molecule has 69 heavy (non-hydrogen) atoms. The van der Waals surface area contributed by atoms with Crippen molar-refractivity contribution in [3.05, 3.63) is 186 Å². The highest BCUT2D eigenvalue weighted by atomic mass is 15.0. The number of nitriles is 1. The number of aromatic nitrogens is 3. The van der Waals surface area contributed by atoms with Crippen LogP contribution < -0.4 is 0 Å². The summed E-state index contributed by atoms with van der Waals surface area (Å²) in [5, 5.41) is 18.1. The number of benzene rings is 8. The van der Waals surface area contributed by atoms with Gasteiger partial charge in [0.05, 0.1) is 44.4 Å². The average molecular weight is 899 g/mol. The van der Waals surface area contributed by atoms with Gasteiger partial charge in [0.1, 0.15) is 6.07 Å². The van der Waals surface area contributed by atoms with E-state index in [4.69, 9.17) is 0 Å². The van der Waals surface area contributed by atoms with E-state index in [0.29, 0.717) is 5.56 Å². The summed E-state index contributed by atoms with van der Waals surface area (Å²) in [4.78, 5) is 0.